The normalized spacial score (nSPS) is 10.8. The summed E-state index contributed by atoms with van der Waals surface area (Å²) < 4.78 is 18.1. The highest BCUT2D eigenvalue weighted by Gasteiger charge is 2.13. The first-order valence-electron chi connectivity index (χ1n) is 9.36. The number of aromatic hydroxyl groups is 1. The van der Waals surface area contributed by atoms with Crippen molar-refractivity contribution in [3.63, 3.8) is 0 Å². The zero-order chi connectivity index (χ0) is 23.1. The van der Waals surface area contributed by atoms with Gasteiger partial charge in [-0.2, -0.15) is 5.10 Å². The molecule has 166 valence electrons. The van der Waals surface area contributed by atoms with Crippen molar-refractivity contribution in [2.75, 3.05) is 14.2 Å². The highest BCUT2D eigenvalue weighted by molar-refractivity contribution is 9.10. The lowest BCUT2D eigenvalue weighted by molar-refractivity contribution is 0.0952. The molecule has 0 radical (unpaired) electrons. The lowest BCUT2D eigenvalue weighted by Crippen LogP contribution is -2.17. The molecule has 0 saturated carbocycles. The third-order valence-electron chi connectivity index (χ3n) is 4.38. The number of phenolic OH excluding ortho intramolecular Hbond substituents is 1. The lowest BCUT2D eigenvalue weighted by atomic mass is 10.2. The van der Waals surface area contributed by atoms with Crippen molar-refractivity contribution >= 4 is 44.0 Å². The van der Waals surface area contributed by atoms with Crippen LogP contribution >= 0.6 is 31.9 Å². The van der Waals surface area contributed by atoms with Crippen LogP contribution in [0.25, 0.3) is 0 Å². The predicted octanol–water partition coefficient (Wildman–Crippen LogP) is 5.28. The molecule has 32 heavy (non-hydrogen) atoms. The second-order valence-corrected chi connectivity index (χ2v) is 8.30. The van der Waals surface area contributed by atoms with E-state index in [-0.39, 0.29) is 11.3 Å². The summed E-state index contributed by atoms with van der Waals surface area (Å²) in [5.41, 5.74) is 4.15. The van der Waals surface area contributed by atoms with E-state index in [1.807, 2.05) is 24.3 Å². The number of carbonyl (C=O) groups is 1. The monoisotopic (exact) mass is 562 g/mol. The van der Waals surface area contributed by atoms with Crippen LogP contribution in [0.5, 0.6) is 23.0 Å². The fourth-order valence-electron chi connectivity index (χ4n) is 2.75. The molecule has 3 rings (SSSR count). The summed E-state index contributed by atoms with van der Waals surface area (Å²) in [5, 5.41) is 13.9. The van der Waals surface area contributed by atoms with Crippen molar-refractivity contribution < 1.29 is 24.1 Å². The van der Waals surface area contributed by atoms with Crippen LogP contribution in [0.2, 0.25) is 0 Å². The fourth-order valence-corrected chi connectivity index (χ4v) is 3.59. The number of hydrogen-bond acceptors (Lipinski definition) is 6. The Hall–Kier alpha value is -3.04. The van der Waals surface area contributed by atoms with Gasteiger partial charge in [0.1, 0.15) is 18.1 Å². The van der Waals surface area contributed by atoms with E-state index < -0.39 is 5.91 Å². The summed E-state index contributed by atoms with van der Waals surface area (Å²) in [6.45, 7) is 0.372. The minimum Gasteiger partial charge on any atom is -0.507 e. The molecule has 0 fully saturated rings. The summed E-state index contributed by atoms with van der Waals surface area (Å²) in [5.74, 6) is 0.759. The van der Waals surface area contributed by atoms with Gasteiger partial charge in [0.15, 0.2) is 11.5 Å². The van der Waals surface area contributed by atoms with Crippen molar-refractivity contribution in [2.45, 2.75) is 6.61 Å². The van der Waals surface area contributed by atoms with Crippen LogP contribution in [0.15, 0.2) is 68.6 Å². The van der Waals surface area contributed by atoms with Gasteiger partial charge in [0.2, 0.25) is 0 Å². The molecule has 0 aromatic heterocycles. The van der Waals surface area contributed by atoms with Crippen LogP contribution in [0.4, 0.5) is 0 Å². The standard InChI is InChI=1S/C23H20Br2N2O5/c1-30-17-7-8-18(20(28)11-17)23(29)27-26-12-15-9-19(25)22(21(10-15)31-2)32-13-14-3-5-16(24)6-4-14/h3-12,28H,13H2,1-2H3,(H,27,29)/b26-12-. The second-order valence-electron chi connectivity index (χ2n) is 6.53. The van der Waals surface area contributed by atoms with Gasteiger partial charge in [-0.05, 0) is 63.5 Å². The number of nitrogens with one attached hydrogen (secondary N) is 1. The van der Waals surface area contributed by atoms with Crippen LogP contribution < -0.4 is 19.6 Å². The number of amides is 1. The number of phenols is 1. The zero-order valence-corrected chi connectivity index (χ0v) is 20.4. The van der Waals surface area contributed by atoms with E-state index in [0.717, 1.165) is 10.0 Å². The maximum Gasteiger partial charge on any atom is 0.275 e. The number of hydrazone groups is 1. The number of carbonyl (C=O) groups excluding carboxylic acids is 1. The quantitative estimate of drug-likeness (QED) is 0.287. The number of nitrogens with zero attached hydrogens (tertiary/aromatic N) is 1. The SMILES string of the molecule is COc1ccc(C(=O)N/N=C\c2cc(Br)c(OCc3ccc(Br)cc3)c(OC)c2)c(O)c1. The summed E-state index contributed by atoms with van der Waals surface area (Å²) in [4.78, 5) is 12.3. The third-order valence-corrected chi connectivity index (χ3v) is 5.50. The Morgan fingerprint density at radius 2 is 1.81 bits per heavy atom. The molecule has 0 atom stereocenters. The van der Waals surface area contributed by atoms with E-state index >= 15 is 0 Å². The van der Waals surface area contributed by atoms with Gasteiger partial charge in [0.25, 0.3) is 5.91 Å². The highest BCUT2D eigenvalue weighted by atomic mass is 79.9. The van der Waals surface area contributed by atoms with Gasteiger partial charge in [0.05, 0.1) is 30.5 Å². The van der Waals surface area contributed by atoms with Crippen molar-refractivity contribution in [1.82, 2.24) is 5.43 Å². The molecule has 0 spiro atoms. The summed E-state index contributed by atoms with van der Waals surface area (Å²) >= 11 is 6.91. The van der Waals surface area contributed by atoms with Crippen LogP contribution in [0, 0.1) is 0 Å². The van der Waals surface area contributed by atoms with Gasteiger partial charge in [-0.3, -0.25) is 4.79 Å². The Bertz CT molecular complexity index is 1130. The summed E-state index contributed by atoms with van der Waals surface area (Å²) in [7, 11) is 3.02. The zero-order valence-electron chi connectivity index (χ0n) is 17.3. The molecule has 0 aliphatic carbocycles. The number of methoxy groups -OCH3 is 2. The minimum absolute atomic E-state index is 0.0819. The van der Waals surface area contributed by atoms with E-state index in [1.54, 1.807) is 25.3 Å². The van der Waals surface area contributed by atoms with Crippen molar-refractivity contribution in [3.05, 3.63) is 80.2 Å². The maximum absolute atomic E-state index is 12.3. The van der Waals surface area contributed by atoms with Gasteiger partial charge in [-0.15, -0.1) is 0 Å². The van der Waals surface area contributed by atoms with E-state index in [0.29, 0.717) is 33.9 Å². The molecule has 3 aromatic rings. The first kappa shape index (κ1) is 23.6. The van der Waals surface area contributed by atoms with E-state index in [2.05, 4.69) is 42.4 Å². The number of benzene rings is 3. The van der Waals surface area contributed by atoms with Gasteiger partial charge in [0, 0.05) is 10.5 Å². The Kier molecular flexibility index (Phi) is 8.13. The van der Waals surface area contributed by atoms with Crippen LogP contribution in [0.3, 0.4) is 0 Å². The number of rotatable bonds is 8. The summed E-state index contributed by atoms with van der Waals surface area (Å²) in [6.07, 6.45) is 1.46. The second kappa shape index (κ2) is 11.0. The third kappa shape index (κ3) is 6.02. The van der Waals surface area contributed by atoms with Gasteiger partial charge in [-0.1, -0.05) is 28.1 Å². The lowest BCUT2D eigenvalue weighted by Gasteiger charge is -2.13. The molecule has 3 aromatic carbocycles. The van der Waals surface area contributed by atoms with Crippen LogP contribution in [-0.2, 0) is 6.61 Å². The number of hydrogen-bond donors (Lipinski definition) is 2. The predicted molar refractivity (Wildman–Crippen MR) is 129 cm³/mol. The van der Waals surface area contributed by atoms with Gasteiger partial charge in [-0.25, -0.2) is 5.43 Å². The van der Waals surface area contributed by atoms with Gasteiger partial charge < -0.3 is 19.3 Å². The molecular weight excluding hydrogens is 544 g/mol. The molecule has 0 unspecified atom stereocenters. The maximum atomic E-state index is 12.3. The smallest absolute Gasteiger partial charge is 0.275 e. The van der Waals surface area contributed by atoms with E-state index in [4.69, 9.17) is 14.2 Å². The first-order valence-corrected chi connectivity index (χ1v) is 10.9. The Morgan fingerprint density at radius 1 is 1.06 bits per heavy atom. The highest BCUT2D eigenvalue weighted by Crippen LogP contribution is 2.37. The largest absolute Gasteiger partial charge is 0.507 e. The average Bonchev–Trinajstić information content (AvgIpc) is 2.78. The topological polar surface area (TPSA) is 89.4 Å². The average molecular weight is 564 g/mol. The van der Waals surface area contributed by atoms with Crippen molar-refractivity contribution in [1.29, 1.82) is 0 Å². The fraction of sp³-hybridized carbons (Fsp3) is 0.130. The van der Waals surface area contributed by atoms with Crippen molar-refractivity contribution in [2.24, 2.45) is 5.10 Å². The molecule has 7 nitrogen and oxygen atoms in total. The molecule has 0 aliphatic rings. The molecule has 0 saturated heterocycles. The number of ether oxygens (including phenoxy) is 3. The molecule has 9 heteroatoms. The Morgan fingerprint density at radius 3 is 2.47 bits per heavy atom. The van der Waals surface area contributed by atoms with Crippen LogP contribution in [-0.4, -0.2) is 31.4 Å². The van der Waals surface area contributed by atoms with Crippen molar-refractivity contribution in [3.8, 4) is 23.0 Å². The Labute approximate surface area is 202 Å². The van der Waals surface area contributed by atoms with E-state index in [1.165, 1.54) is 25.5 Å². The first-order chi connectivity index (χ1) is 15.4. The molecule has 0 heterocycles. The van der Waals surface area contributed by atoms with Crippen LogP contribution in [0.1, 0.15) is 21.5 Å². The molecule has 2 N–H and O–H groups in total. The molecular formula is C23H20Br2N2O5. The Balaban J connectivity index is 1.69. The molecule has 0 aliphatic heterocycles. The minimum atomic E-state index is -0.554. The van der Waals surface area contributed by atoms with E-state index in [9.17, 15) is 9.90 Å². The van der Waals surface area contributed by atoms with Gasteiger partial charge >= 0.3 is 0 Å². The molecule has 1 amide bonds. The number of halogens is 2. The molecule has 0 bridgehead atoms. The summed E-state index contributed by atoms with van der Waals surface area (Å²) in [6, 6.07) is 15.7.